The largest absolute Gasteiger partial charge is 0.344 e. The molecule has 0 unspecified atom stereocenters. The highest BCUT2D eigenvalue weighted by molar-refractivity contribution is 9.10. The summed E-state index contributed by atoms with van der Waals surface area (Å²) in [4.78, 5) is 0. The molecule has 0 aromatic heterocycles. The van der Waals surface area contributed by atoms with Gasteiger partial charge in [0.1, 0.15) is 0 Å². The second kappa shape index (κ2) is 11.9. The van der Waals surface area contributed by atoms with Crippen LogP contribution in [-0.4, -0.2) is 4.32 Å². The lowest BCUT2D eigenvalue weighted by atomic mass is 9.90. The van der Waals surface area contributed by atoms with E-state index >= 15 is 0 Å². The van der Waals surface area contributed by atoms with Gasteiger partial charge in [-0.05, 0) is 19.3 Å². The zero-order valence-electron chi connectivity index (χ0n) is 11.7. The van der Waals surface area contributed by atoms with Crippen LogP contribution >= 0.6 is 15.9 Å². The maximum atomic E-state index is 4.02. The molecule has 0 radical (unpaired) electrons. The van der Waals surface area contributed by atoms with E-state index in [1.165, 1.54) is 64.2 Å². The quantitative estimate of drug-likeness (QED) is 0.375. The molecule has 0 heterocycles. The van der Waals surface area contributed by atoms with Crippen molar-refractivity contribution in [3.8, 4) is 0 Å². The van der Waals surface area contributed by atoms with E-state index < -0.39 is 0 Å². The van der Waals surface area contributed by atoms with Gasteiger partial charge in [-0.2, -0.15) is 0 Å². The van der Waals surface area contributed by atoms with Gasteiger partial charge in [0.25, 0.3) is 0 Å². The van der Waals surface area contributed by atoms with Crippen LogP contribution < -0.4 is 6.15 Å². The van der Waals surface area contributed by atoms with Gasteiger partial charge in [-0.25, -0.2) is 0 Å². The van der Waals surface area contributed by atoms with E-state index in [1.807, 2.05) is 0 Å². The molecular formula is C14H32BrN. The van der Waals surface area contributed by atoms with Crippen LogP contribution in [0.1, 0.15) is 85.0 Å². The van der Waals surface area contributed by atoms with E-state index in [2.05, 4.69) is 36.7 Å². The van der Waals surface area contributed by atoms with Crippen LogP contribution in [0.3, 0.4) is 0 Å². The Labute approximate surface area is 111 Å². The molecule has 0 aliphatic carbocycles. The topological polar surface area (TPSA) is 35.0 Å². The second-order valence-electron chi connectivity index (χ2n) is 4.82. The van der Waals surface area contributed by atoms with Gasteiger partial charge in [0.2, 0.25) is 0 Å². The Kier molecular flexibility index (Phi) is 14.0. The summed E-state index contributed by atoms with van der Waals surface area (Å²) in [6.07, 6.45) is 13.6. The molecule has 100 valence electrons. The average molecular weight is 294 g/mol. The number of hydrogen-bond acceptors (Lipinski definition) is 1. The fourth-order valence-corrected chi connectivity index (χ4v) is 2.90. The molecule has 0 bridgehead atoms. The van der Waals surface area contributed by atoms with Crippen LogP contribution in [0.5, 0.6) is 0 Å². The van der Waals surface area contributed by atoms with Crippen LogP contribution in [0.25, 0.3) is 0 Å². The number of hydrogen-bond donors (Lipinski definition) is 1. The zero-order chi connectivity index (χ0) is 11.6. The third-order valence-corrected chi connectivity index (χ3v) is 4.37. The highest BCUT2D eigenvalue weighted by atomic mass is 79.9. The van der Waals surface area contributed by atoms with Gasteiger partial charge < -0.3 is 6.15 Å². The molecule has 3 N–H and O–H groups in total. The normalized spacial score (nSPS) is 11.2. The Morgan fingerprint density at radius 1 is 0.688 bits per heavy atom. The van der Waals surface area contributed by atoms with Crippen molar-refractivity contribution < 1.29 is 0 Å². The Hall–Kier alpha value is 0.440. The van der Waals surface area contributed by atoms with Crippen LogP contribution in [-0.2, 0) is 0 Å². The van der Waals surface area contributed by atoms with Crippen molar-refractivity contribution in [2.45, 2.75) is 89.3 Å². The van der Waals surface area contributed by atoms with Crippen molar-refractivity contribution in [2.24, 2.45) is 0 Å². The molecule has 0 spiro atoms. The summed E-state index contributed by atoms with van der Waals surface area (Å²) in [6.45, 7) is 6.87. The van der Waals surface area contributed by atoms with Crippen molar-refractivity contribution in [1.29, 1.82) is 0 Å². The third kappa shape index (κ3) is 9.65. The minimum absolute atomic E-state index is 0. The first-order valence-electron chi connectivity index (χ1n) is 6.87. The van der Waals surface area contributed by atoms with Crippen molar-refractivity contribution in [2.75, 3.05) is 0 Å². The molecule has 0 fully saturated rings. The van der Waals surface area contributed by atoms with Gasteiger partial charge in [0.15, 0.2) is 0 Å². The van der Waals surface area contributed by atoms with E-state index in [4.69, 9.17) is 0 Å². The van der Waals surface area contributed by atoms with Gasteiger partial charge in [-0.3, -0.25) is 0 Å². The monoisotopic (exact) mass is 293 g/mol. The van der Waals surface area contributed by atoms with Crippen LogP contribution in [0.15, 0.2) is 0 Å². The maximum Gasteiger partial charge on any atom is 0.0258 e. The SMILES string of the molecule is CCCCCC(Br)(CCCC)CCCC.N. The van der Waals surface area contributed by atoms with Gasteiger partial charge in [0, 0.05) is 4.32 Å². The minimum Gasteiger partial charge on any atom is -0.344 e. The first-order valence-corrected chi connectivity index (χ1v) is 7.66. The molecule has 0 aromatic rings. The number of alkyl halides is 1. The fraction of sp³-hybridized carbons (Fsp3) is 1.00. The minimum atomic E-state index is 0. The van der Waals surface area contributed by atoms with Crippen molar-refractivity contribution >= 4 is 15.9 Å². The highest BCUT2D eigenvalue weighted by Gasteiger charge is 2.24. The summed E-state index contributed by atoms with van der Waals surface area (Å²) in [5.74, 6) is 0. The van der Waals surface area contributed by atoms with Gasteiger partial charge in [-0.15, -0.1) is 0 Å². The molecule has 1 nitrogen and oxygen atoms in total. The second-order valence-corrected chi connectivity index (χ2v) is 6.50. The highest BCUT2D eigenvalue weighted by Crippen LogP contribution is 2.36. The summed E-state index contributed by atoms with van der Waals surface area (Å²) in [6, 6.07) is 0. The number of halogens is 1. The average Bonchev–Trinajstić information content (AvgIpc) is 2.24. The lowest BCUT2D eigenvalue weighted by molar-refractivity contribution is 0.429. The van der Waals surface area contributed by atoms with E-state index in [1.54, 1.807) is 0 Å². The molecule has 0 atom stereocenters. The van der Waals surface area contributed by atoms with Gasteiger partial charge >= 0.3 is 0 Å². The van der Waals surface area contributed by atoms with Crippen LogP contribution in [0, 0.1) is 0 Å². The Morgan fingerprint density at radius 3 is 1.44 bits per heavy atom. The van der Waals surface area contributed by atoms with Crippen molar-refractivity contribution in [1.82, 2.24) is 6.15 Å². The zero-order valence-corrected chi connectivity index (χ0v) is 13.2. The predicted molar refractivity (Wildman–Crippen MR) is 79.9 cm³/mol. The standard InChI is InChI=1S/C14H29Br.H3N/c1-4-7-10-13-14(15,11-8-5-2)12-9-6-3;/h4-13H2,1-3H3;1H3. The lowest BCUT2D eigenvalue weighted by Crippen LogP contribution is -2.20. The van der Waals surface area contributed by atoms with Crippen LogP contribution in [0.2, 0.25) is 0 Å². The molecule has 16 heavy (non-hydrogen) atoms. The molecule has 0 amide bonds. The molecule has 0 aliphatic rings. The fourth-order valence-electron chi connectivity index (χ4n) is 2.05. The lowest BCUT2D eigenvalue weighted by Gasteiger charge is -2.27. The van der Waals surface area contributed by atoms with Gasteiger partial charge in [0.05, 0.1) is 0 Å². The third-order valence-electron chi connectivity index (χ3n) is 3.19. The molecule has 0 saturated heterocycles. The summed E-state index contributed by atoms with van der Waals surface area (Å²) in [5, 5.41) is 0. The summed E-state index contributed by atoms with van der Waals surface area (Å²) in [5.41, 5.74) is 0. The Balaban J connectivity index is 0. The van der Waals surface area contributed by atoms with E-state index in [0.717, 1.165) is 0 Å². The van der Waals surface area contributed by atoms with E-state index in [9.17, 15) is 0 Å². The van der Waals surface area contributed by atoms with Gasteiger partial charge in [-0.1, -0.05) is 81.6 Å². The molecule has 0 rings (SSSR count). The first kappa shape index (κ1) is 18.8. The predicted octanol–water partition coefficient (Wildman–Crippen LogP) is 6.24. The van der Waals surface area contributed by atoms with Crippen molar-refractivity contribution in [3.05, 3.63) is 0 Å². The molecule has 2 heteroatoms. The maximum absolute atomic E-state index is 4.02. The van der Waals surface area contributed by atoms with Crippen molar-refractivity contribution in [3.63, 3.8) is 0 Å². The molecular weight excluding hydrogens is 262 g/mol. The Bertz CT molecular complexity index is 129. The number of unbranched alkanes of at least 4 members (excludes halogenated alkanes) is 4. The molecule has 0 aromatic carbocycles. The van der Waals surface area contributed by atoms with E-state index in [0.29, 0.717) is 4.32 Å². The summed E-state index contributed by atoms with van der Waals surface area (Å²) >= 11 is 4.02. The first-order chi connectivity index (χ1) is 7.18. The Morgan fingerprint density at radius 2 is 1.06 bits per heavy atom. The molecule has 0 saturated carbocycles. The summed E-state index contributed by atoms with van der Waals surface area (Å²) in [7, 11) is 0. The molecule has 0 aliphatic heterocycles. The summed E-state index contributed by atoms with van der Waals surface area (Å²) < 4.78 is 0.466. The smallest absolute Gasteiger partial charge is 0.0258 e. The van der Waals surface area contributed by atoms with E-state index in [-0.39, 0.29) is 6.15 Å². The van der Waals surface area contributed by atoms with Crippen LogP contribution in [0.4, 0.5) is 0 Å². The number of rotatable bonds is 10.